The van der Waals surface area contributed by atoms with E-state index in [1.54, 1.807) is 33.6 Å². The van der Waals surface area contributed by atoms with Crippen LogP contribution in [0.4, 0.5) is 0 Å². The first-order valence-electron chi connectivity index (χ1n) is 10.7. The normalized spacial score (nSPS) is 16.9. The summed E-state index contributed by atoms with van der Waals surface area (Å²) in [5, 5.41) is 12.5. The van der Waals surface area contributed by atoms with Crippen LogP contribution < -0.4 is 0 Å². The predicted molar refractivity (Wildman–Crippen MR) is 126 cm³/mol. The Hall–Kier alpha value is -3.56. The third-order valence-electron chi connectivity index (χ3n) is 5.95. The monoisotopic (exact) mass is 460 g/mol. The summed E-state index contributed by atoms with van der Waals surface area (Å²) in [7, 11) is 1.95. The molecule has 1 aliphatic rings. The average Bonchev–Trinajstić information content (AvgIpc) is 3.65. The summed E-state index contributed by atoms with van der Waals surface area (Å²) < 4.78 is 7.35. The Balaban J connectivity index is 1.30. The van der Waals surface area contributed by atoms with Crippen molar-refractivity contribution in [3.05, 3.63) is 89.0 Å². The summed E-state index contributed by atoms with van der Waals surface area (Å²) in [5.41, 5.74) is 2.97. The van der Waals surface area contributed by atoms with Crippen LogP contribution in [0.2, 0.25) is 0 Å². The first-order chi connectivity index (χ1) is 16.1. The van der Waals surface area contributed by atoms with Gasteiger partial charge in [0.05, 0.1) is 29.1 Å². The quantitative estimate of drug-likeness (QED) is 0.411. The van der Waals surface area contributed by atoms with Gasteiger partial charge in [-0.05, 0) is 55.2 Å². The molecule has 4 heterocycles. The highest BCUT2D eigenvalue weighted by Gasteiger charge is 2.35. The fourth-order valence-electron chi connectivity index (χ4n) is 3.96. The largest absolute Gasteiger partial charge is 0.467 e. The van der Waals surface area contributed by atoms with Crippen LogP contribution in [-0.4, -0.2) is 49.9 Å². The molecule has 2 atom stereocenters. The molecule has 9 heteroatoms. The van der Waals surface area contributed by atoms with Crippen LogP contribution in [0.25, 0.3) is 5.69 Å². The van der Waals surface area contributed by atoms with Crippen molar-refractivity contribution in [2.24, 2.45) is 5.10 Å². The van der Waals surface area contributed by atoms with E-state index in [1.807, 2.05) is 53.7 Å². The Kier molecular flexibility index (Phi) is 5.89. The van der Waals surface area contributed by atoms with Crippen molar-refractivity contribution in [3.63, 3.8) is 0 Å². The van der Waals surface area contributed by atoms with Crippen LogP contribution in [0.3, 0.4) is 0 Å². The molecule has 0 saturated carbocycles. The summed E-state index contributed by atoms with van der Waals surface area (Å²) in [4.78, 5) is 20.4. The van der Waals surface area contributed by atoms with Crippen LogP contribution in [0.15, 0.2) is 82.3 Å². The Labute approximate surface area is 195 Å². The lowest BCUT2D eigenvalue weighted by molar-refractivity contribution is -0.134. The molecule has 0 spiro atoms. The number of hydrazone groups is 1. The minimum absolute atomic E-state index is 0.0455. The summed E-state index contributed by atoms with van der Waals surface area (Å²) in [5.74, 6) is 0.689. The van der Waals surface area contributed by atoms with Gasteiger partial charge in [0.1, 0.15) is 24.5 Å². The summed E-state index contributed by atoms with van der Waals surface area (Å²) >= 11 is 1.63. The Bertz CT molecular complexity index is 1220. The van der Waals surface area contributed by atoms with Crippen molar-refractivity contribution in [1.82, 2.24) is 24.7 Å². The number of nitrogens with zero attached hydrogens (tertiary/aromatic N) is 6. The number of carbonyl (C=O) groups is 1. The molecule has 0 fully saturated rings. The zero-order chi connectivity index (χ0) is 22.8. The first kappa shape index (κ1) is 21.3. The van der Waals surface area contributed by atoms with Crippen LogP contribution in [0, 0.1) is 0 Å². The van der Waals surface area contributed by atoms with Gasteiger partial charge in [0.2, 0.25) is 0 Å². The van der Waals surface area contributed by atoms with Gasteiger partial charge in [-0.3, -0.25) is 9.69 Å². The van der Waals surface area contributed by atoms with Crippen molar-refractivity contribution < 1.29 is 9.21 Å². The molecule has 0 aliphatic carbocycles. The maximum atomic E-state index is 13.3. The maximum absolute atomic E-state index is 13.3. The van der Waals surface area contributed by atoms with E-state index in [0.29, 0.717) is 6.42 Å². The molecular weight excluding hydrogens is 436 g/mol. The molecule has 0 radical (unpaired) electrons. The SMILES string of the molecule is CC(c1ccc(-n2cncn2)cc1)N(C)CC(=O)N1N=C(c2cccs2)CC1c1ccco1. The van der Waals surface area contributed by atoms with Gasteiger partial charge in [-0.2, -0.15) is 10.2 Å². The highest BCUT2D eigenvalue weighted by molar-refractivity contribution is 7.12. The molecule has 2 unspecified atom stereocenters. The molecule has 33 heavy (non-hydrogen) atoms. The standard InChI is InChI=1S/C24H24N6O2S/c1-17(18-7-9-19(10-8-18)29-16-25-15-26-29)28(2)14-24(31)30-21(22-5-3-11-32-22)13-20(27-30)23-6-4-12-33-23/h3-12,15-17,21H,13-14H2,1-2H3. The van der Waals surface area contributed by atoms with Crippen molar-refractivity contribution in [2.75, 3.05) is 13.6 Å². The number of furan rings is 1. The van der Waals surface area contributed by atoms with Crippen LogP contribution in [0.5, 0.6) is 0 Å². The van der Waals surface area contributed by atoms with E-state index in [4.69, 9.17) is 9.52 Å². The number of amides is 1. The molecule has 1 amide bonds. The number of hydrogen-bond acceptors (Lipinski definition) is 7. The van der Waals surface area contributed by atoms with E-state index in [0.717, 1.165) is 27.6 Å². The number of aromatic nitrogens is 3. The minimum Gasteiger partial charge on any atom is -0.467 e. The Morgan fingerprint density at radius 1 is 1.24 bits per heavy atom. The van der Waals surface area contributed by atoms with E-state index in [-0.39, 0.29) is 24.5 Å². The Morgan fingerprint density at radius 3 is 2.76 bits per heavy atom. The molecule has 0 N–H and O–H groups in total. The Morgan fingerprint density at radius 2 is 2.09 bits per heavy atom. The summed E-state index contributed by atoms with van der Waals surface area (Å²) in [6.45, 7) is 2.33. The molecule has 1 aromatic carbocycles. The van der Waals surface area contributed by atoms with Crippen LogP contribution in [-0.2, 0) is 4.79 Å². The molecule has 4 aromatic rings. The molecular formula is C24H24N6O2S. The second-order valence-electron chi connectivity index (χ2n) is 8.02. The van der Waals surface area contributed by atoms with Gasteiger partial charge in [-0.1, -0.05) is 18.2 Å². The van der Waals surface area contributed by atoms with Crippen molar-refractivity contribution in [2.45, 2.75) is 25.4 Å². The predicted octanol–water partition coefficient (Wildman–Crippen LogP) is 4.29. The number of hydrogen-bond donors (Lipinski definition) is 0. The lowest BCUT2D eigenvalue weighted by Gasteiger charge is -2.27. The van der Waals surface area contributed by atoms with Crippen molar-refractivity contribution in [1.29, 1.82) is 0 Å². The number of benzene rings is 1. The van der Waals surface area contributed by atoms with Crippen LogP contribution in [0.1, 0.15) is 41.6 Å². The van der Waals surface area contributed by atoms with Gasteiger partial charge in [0.15, 0.2) is 0 Å². The van der Waals surface area contributed by atoms with E-state index < -0.39 is 0 Å². The number of thiophene rings is 1. The van der Waals surface area contributed by atoms with Gasteiger partial charge in [0.25, 0.3) is 5.91 Å². The zero-order valence-electron chi connectivity index (χ0n) is 18.4. The molecule has 5 rings (SSSR count). The lowest BCUT2D eigenvalue weighted by atomic mass is 10.1. The van der Waals surface area contributed by atoms with Crippen LogP contribution >= 0.6 is 11.3 Å². The van der Waals surface area contributed by atoms with E-state index >= 15 is 0 Å². The number of likely N-dealkylation sites (N-methyl/N-ethyl adjacent to an activating group) is 1. The number of carbonyl (C=O) groups excluding carboxylic acids is 1. The minimum atomic E-state index is -0.227. The fourth-order valence-corrected chi connectivity index (χ4v) is 4.68. The van der Waals surface area contributed by atoms with E-state index in [1.165, 1.54) is 6.33 Å². The highest BCUT2D eigenvalue weighted by atomic mass is 32.1. The summed E-state index contributed by atoms with van der Waals surface area (Å²) in [6.07, 6.45) is 5.46. The highest BCUT2D eigenvalue weighted by Crippen LogP contribution is 2.34. The second-order valence-corrected chi connectivity index (χ2v) is 8.97. The van der Waals surface area contributed by atoms with E-state index in [2.05, 4.69) is 29.1 Å². The third-order valence-corrected chi connectivity index (χ3v) is 6.87. The van der Waals surface area contributed by atoms with Crippen molar-refractivity contribution in [3.8, 4) is 5.69 Å². The zero-order valence-corrected chi connectivity index (χ0v) is 19.2. The second kappa shape index (κ2) is 9.13. The number of rotatable bonds is 7. The smallest absolute Gasteiger partial charge is 0.257 e. The fraction of sp³-hybridized carbons (Fsp3) is 0.250. The van der Waals surface area contributed by atoms with Gasteiger partial charge < -0.3 is 4.42 Å². The van der Waals surface area contributed by atoms with E-state index in [9.17, 15) is 4.79 Å². The first-order valence-corrected chi connectivity index (χ1v) is 11.6. The summed E-state index contributed by atoms with van der Waals surface area (Å²) in [6, 6.07) is 15.7. The van der Waals surface area contributed by atoms with Gasteiger partial charge in [-0.25, -0.2) is 14.7 Å². The molecule has 0 saturated heterocycles. The third kappa shape index (κ3) is 4.37. The topological polar surface area (TPSA) is 79.8 Å². The van der Waals surface area contributed by atoms with Gasteiger partial charge >= 0.3 is 0 Å². The molecule has 168 valence electrons. The molecule has 8 nitrogen and oxygen atoms in total. The molecule has 1 aliphatic heterocycles. The van der Waals surface area contributed by atoms with Gasteiger partial charge in [-0.15, -0.1) is 11.3 Å². The molecule has 0 bridgehead atoms. The van der Waals surface area contributed by atoms with Gasteiger partial charge in [0, 0.05) is 12.5 Å². The van der Waals surface area contributed by atoms with Crippen molar-refractivity contribution >= 4 is 23.0 Å². The average molecular weight is 461 g/mol. The molecule has 3 aromatic heterocycles. The lowest BCUT2D eigenvalue weighted by Crippen LogP contribution is -2.37. The maximum Gasteiger partial charge on any atom is 0.257 e.